The molecule has 0 aromatic rings. The third-order valence-electron chi connectivity index (χ3n) is 3.74. The fourth-order valence-corrected chi connectivity index (χ4v) is 5.99. The van der Waals surface area contributed by atoms with Crippen molar-refractivity contribution in [3.8, 4) is 0 Å². The molecule has 0 aromatic carbocycles. The first kappa shape index (κ1) is 11.8. The van der Waals surface area contributed by atoms with Crippen LogP contribution >= 0.6 is 11.8 Å². The number of amidine groups is 1. The molecular weight excluding hydrogens is 256 g/mol. The Morgan fingerprint density at radius 2 is 2.24 bits per heavy atom. The van der Waals surface area contributed by atoms with Crippen molar-refractivity contribution in [3.63, 3.8) is 0 Å². The van der Waals surface area contributed by atoms with Gasteiger partial charge in [0, 0.05) is 5.25 Å². The first-order valence-electron chi connectivity index (χ1n) is 6.16. The molecule has 3 aliphatic rings. The van der Waals surface area contributed by atoms with Crippen LogP contribution in [0.4, 0.5) is 0 Å². The highest BCUT2D eigenvalue weighted by Crippen LogP contribution is 2.42. The molecule has 1 saturated carbocycles. The van der Waals surface area contributed by atoms with Gasteiger partial charge in [0.05, 0.1) is 23.6 Å². The highest BCUT2D eigenvalue weighted by molar-refractivity contribution is 8.14. The van der Waals surface area contributed by atoms with Crippen LogP contribution in [-0.4, -0.2) is 42.4 Å². The summed E-state index contributed by atoms with van der Waals surface area (Å²) >= 11 is 1.81. The zero-order valence-corrected chi connectivity index (χ0v) is 11.6. The van der Waals surface area contributed by atoms with E-state index in [0.29, 0.717) is 17.4 Å². The van der Waals surface area contributed by atoms with E-state index in [1.54, 1.807) is 0 Å². The Balaban J connectivity index is 1.60. The van der Waals surface area contributed by atoms with Gasteiger partial charge < -0.3 is 5.32 Å². The summed E-state index contributed by atoms with van der Waals surface area (Å²) in [6.45, 7) is 2.89. The molecule has 96 valence electrons. The molecule has 3 rings (SSSR count). The molecule has 6 heteroatoms. The van der Waals surface area contributed by atoms with Crippen LogP contribution in [0.2, 0.25) is 0 Å². The van der Waals surface area contributed by atoms with Crippen molar-refractivity contribution in [2.75, 3.05) is 18.1 Å². The van der Waals surface area contributed by atoms with Gasteiger partial charge in [-0.3, -0.25) is 4.99 Å². The van der Waals surface area contributed by atoms with E-state index in [9.17, 15) is 8.42 Å². The van der Waals surface area contributed by atoms with Gasteiger partial charge in [-0.1, -0.05) is 11.8 Å². The molecule has 1 saturated heterocycles. The van der Waals surface area contributed by atoms with Gasteiger partial charge in [0.1, 0.15) is 0 Å². The SMILES string of the molecule is CC1(NC2=NCC(C3CC3)S2)CCS(=O)(=O)C1. The van der Waals surface area contributed by atoms with Crippen molar-refractivity contribution in [1.29, 1.82) is 0 Å². The second kappa shape index (κ2) is 3.88. The van der Waals surface area contributed by atoms with Crippen LogP contribution in [-0.2, 0) is 9.84 Å². The van der Waals surface area contributed by atoms with E-state index in [4.69, 9.17) is 0 Å². The number of sulfone groups is 1. The molecule has 2 fully saturated rings. The molecule has 2 aliphatic heterocycles. The molecule has 0 radical (unpaired) electrons. The largest absolute Gasteiger partial charge is 0.359 e. The first-order chi connectivity index (χ1) is 7.96. The van der Waals surface area contributed by atoms with Crippen LogP contribution in [0.1, 0.15) is 26.2 Å². The fourth-order valence-electron chi connectivity index (χ4n) is 2.54. The summed E-state index contributed by atoms with van der Waals surface area (Å²) in [6.07, 6.45) is 3.38. The van der Waals surface area contributed by atoms with Crippen LogP contribution in [0, 0.1) is 5.92 Å². The van der Waals surface area contributed by atoms with E-state index >= 15 is 0 Å². The Bertz CT molecular complexity index is 456. The second-order valence-electron chi connectivity index (χ2n) is 5.67. The summed E-state index contributed by atoms with van der Waals surface area (Å²) in [5, 5.41) is 4.95. The van der Waals surface area contributed by atoms with Crippen molar-refractivity contribution >= 4 is 26.8 Å². The lowest BCUT2D eigenvalue weighted by atomic mass is 10.0. The minimum absolute atomic E-state index is 0.244. The summed E-state index contributed by atoms with van der Waals surface area (Å²) in [5.41, 5.74) is -0.302. The van der Waals surface area contributed by atoms with E-state index in [0.717, 1.165) is 17.6 Å². The molecule has 17 heavy (non-hydrogen) atoms. The van der Waals surface area contributed by atoms with Gasteiger partial charge in [-0.25, -0.2) is 8.42 Å². The van der Waals surface area contributed by atoms with Crippen molar-refractivity contribution < 1.29 is 8.42 Å². The highest BCUT2D eigenvalue weighted by atomic mass is 32.2. The van der Waals surface area contributed by atoms with E-state index in [-0.39, 0.29) is 11.3 Å². The van der Waals surface area contributed by atoms with Crippen LogP contribution in [0.3, 0.4) is 0 Å². The van der Waals surface area contributed by atoms with Crippen LogP contribution in [0.15, 0.2) is 4.99 Å². The number of hydrogen-bond donors (Lipinski definition) is 1. The Morgan fingerprint density at radius 3 is 2.82 bits per heavy atom. The van der Waals surface area contributed by atoms with Gasteiger partial charge in [0.15, 0.2) is 15.0 Å². The Hall–Kier alpha value is -0.230. The maximum atomic E-state index is 11.5. The molecule has 0 bridgehead atoms. The Kier molecular flexibility index (Phi) is 2.70. The van der Waals surface area contributed by atoms with Gasteiger partial charge in [-0.2, -0.15) is 0 Å². The van der Waals surface area contributed by atoms with Crippen molar-refractivity contribution in [3.05, 3.63) is 0 Å². The number of thioether (sulfide) groups is 1. The lowest BCUT2D eigenvalue weighted by Gasteiger charge is -2.24. The molecule has 1 N–H and O–H groups in total. The van der Waals surface area contributed by atoms with Gasteiger partial charge in [-0.15, -0.1) is 0 Å². The van der Waals surface area contributed by atoms with E-state index in [1.807, 2.05) is 18.7 Å². The van der Waals surface area contributed by atoms with Gasteiger partial charge in [0.2, 0.25) is 0 Å². The molecular formula is C11H18N2O2S2. The number of nitrogens with one attached hydrogen (secondary N) is 1. The normalized spacial score (nSPS) is 40.3. The van der Waals surface area contributed by atoms with Crippen LogP contribution in [0.5, 0.6) is 0 Å². The average molecular weight is 274 g/mol. The van der Waals surface area contributed by atoms with Gasteiger partial charge in [-0.05, 0) is 32.1 Å². The zero-order valence-electron chi connectivity index (χ0n) is 9.98. The summed E-state index contributed by atoms with van der Waals surface area (Å²) in [7, 11) is -2.84. The lowest BCUT2D eigenvalue weighted by molar-refractivity contribution is 0.475. The van der Waals surface area contributed by atoms with Crippen molar-refractivity contribution in [1.82, 2.24) is 5.32 Å². The van der Waals surface area contributed by atoms with Crippen molar-refractivity contribution in [2.45, 2.75) is 37.0 Å². The minimum atomic E-state index is -2.84. The smallest absolute Gasteiger partial charge is 0.157 e. The molecule has 1 aliphatic carbocycles. The molecule has 0 spiro atoms. The minimum Gasteiger partial charge on any atom is -0.359 e. The summed E-state index contributed by atoms with van der Waals surface area (Å²) < 4.78 is 23.0. The zero-order chi connectivity index (χ0) is 12.1. The van der Waals surface area contributed by atoms with Gasteiger partial charge in [0.25, 0.3) is 0 Å². The van der Waals surface area contributed by atoms with Gasteiger partial charge >= 0.3 is 0 Å². The number of aliphatic imine (C=N–C) groups is 1. The van der Waals surface area contributed by atoms with Crippen LogP contribution < -0.4 is 5.32 Å². The highest BCUT2D eigenvalue weighted by Gasteiger charge is 2.41. The molecule has 2 unspecified atom stereocenters. The first-order valence-corrected chi connectivity index (χ1v) is 8.86. The predicted octanol–water partition coefficient (Wildman–Crippen LogP) is 1.03. The van der Waals surface area contributed by atoms with E-state index < -0.39 is 9.84 Å². The monoisotopic (exact) mass is 274 g/mol. The number of rotatable bonds is 2. The maximum Gasteiger partial charge on any atom is 0.157 e. The third kappa shape index (κ3) is 2.62. The lowest BCUT2D eigenvalue weighted by Crippen LogP contribution is -2.45. The third-order valence-corrected chi connectivity index (χ3v) is 6.93. The fraction of sp³-hybridized carbons (Fsp3) is 0.909. The molecule has 2 heterocycles. The summed E-state index contributed by atoms with van der Waals surface area (Å²) in [6, 6.07) is 0. The molecule has 2 atom stereocenters. The molecule has 0 amide bonds. The Labute approximate surface area is 107 Å². The summed E-state index contributed by atoms with van der Waals surface area (Å²) in [5.74, 6) is 1.40. The average Bonchev–Trinajstić information content (AvgIpc) is 2.91. The second-order valence-corrected chi connectivity index (χ2v) is 9.08. The number of nitrogens with zero attached hydrogens (tertiary/aromatic N) is 1. The topological polar surface area (TPSA) is 58.5 Å². The number of hydrogen-bond acceptors (Lipinski definition) is 5. The quantitative estimate of drug-likeness (QED) is 0.817. The molecule has 0 aromatic heterocycles. The van der Waals surface area contributed by atoms with Crippen LogP contribution in [0.25, 0.3) is 0 Å². The van der Waals surface area contributed by atoms with E-state index in [1.165, 1.54) is 12.8 Å². The predicted molar refractivity (Wildman–Crippen MR) is 71.2 cm³/mol. The Morgan fingerprint density at radius 1 is 1.47 bits per heavy atom. The van der Waals surface area contributed by atoms with Crippen molar-refractivity contribution in [2.24, 2.45) is 10.9 Å². The summed E-state index contributed by atoms with van der Waals surface area (Å²) in [4.78, 5) is 4.51. The molecule has 4 nitrogen and oxygen atoms in total. The maximum absolute atomic E-state index is 11.5. The standard InChI is InChI=1S/C11H18N2O2S2/c1-11(4-5-17(14,15)7-11)13-10-12-6-9(16-10)8-2-3-8/h8-9H,2-7H2,1H3,(H,12,13). The van der Waals surface area contributed by atoms with E-state index in [2.05, 4.69) is 10.3 Å².